The van der Waals surface area contributed by atoms with Crippen molar-refractivity contribution in [2.24, 2.45) is 0 Å². The van der Waals surface area contributed by atoms with Gasteiger partial charge >= 0.3 is 0 Å². The molecule has 0 N–H and O–H groups in total. The molecule has 0 aliphatic carbocycles. The second-order valence-electron chi connectivity index (χ2n) is 6.43. The van der Waals surface area contributed by atoms with Crippen LogP contribution in [0.4, 0.5) is 0 Å². The zero-order valence-corrected chi connectivity index (χ0v) is 14.8. The van der Waals surface area contributed by atoms with Gasteiger partial charge in [-0.05, 0) is 24.6 Å². The molecule has 0 saturated carbocycles. The van der Waals surface area contributed by atoms with Crippen molar-refractivity contribution < 1.29 is 4.79 Å². The molecule has 3 aromatic heterocycles. The van der Waals surface area contributed by atoms with Crippen LogP contribution in [-0.2, 0) is 24.2 Å². The maximum atomic E-state index is 12.7. The fourth-order valence-corrected chi connectivity index (χ4v) is 3.37. The first kappa shape index (κ1) is 17.1. The number of hydrogen-bond acceptors (Lipinski definition) is 5. The van der Waals surface area contributed by atoms with Gasteiger partial charge in [0.25, 0.3) is 5.56 Å². The van der Waals surface area contributed by atoms with E-state index in [1.165, 1.54) is 10.6 Å². The Morgan fingerprint density at radius 2 is 1.85 bits per heavy atom. The molecule has 0 atom stereocenters. The fraction of sp³-hybridized carbons (Fsp3) is 0.250. The van der Waals surface area contributed by atoms with E-state index in [2.05, 4.69) is 15.0 Å². The molecule has 1 amide bonds. The van der Waals surface area contributed by atoms with Gasteiger partial charge < -0.3 is 9.47 Å². The van der Waals surface area contributed by atoms with Crippen LogP contribution in [0.5, 0.6) is 0 Å². The first-order valence-corrected chi connectivity index (χ1v) is 8.89. The summed E-state index contributed by atoms with van der Waals surface area (Å²) >= 11 is 0. The standard InChI is InChI=1S/C20H19N5O2/c26-18-3-1-2-10-25(18)13-19(27)24-11-6-16-17(7-12-24)22-14-23-20(16)15-4-8-21-9-5-15/h1-5,8-10,14H,6-7,11-13H2. The Hall–Kier alpha value is -3.35. The SMILES string of the molecule is O=C(Cn1ccccc1=O)N1CCc2ncnc(-c3ccncc3)c2CC1. The second-order valence-corrected chi connectivity index (χ2v) is 6.43. The number of carbonyl (C=O) groups is 1. The average Bonchev–Trinajstić information content (AvgIpc) is 2.93. The van der Waals surface area contributed by atoms with Gasteiger partial charge in [0, 0.05) is 61.0 Å². The van der Waals surface area contributed by atoms with Gasteiger partial charge in [-0.15, -0.1) is 0 Å². The molecule has 3 aromatic rings. The minimum absolute atomic E-state index is 0.0545. The summed E-state index contributed by atoms with van der Waals surface area (Å²) < 4.78 is 1.43. The van der Waals surface area contributed by atoms with Gasteiger partial charge in [-0.3, -0.25) is 14.6 Å². The number of amides is 1. The minimum Gasteiger partial charge on any atom is -0.340 e. The molecule has 136 valence electrons. The van der Waals surface area contributed by atoms with Crippen molar-refractivity contribution in [2.45, 2.75) is 19.4 Å². The molecule has 0 radical (unpaired) electrons. The quantitative estimate of drug-likeness (QED) is 0.703. The number of fused-ring (bicyclic) bond motifs is 1. The zero-order valence-electron chi connectivity index (χ0n) is 14.8. The number of hydrogen-bond donors (Lipinski definition) is 0. The van der Waals surface area contributed by atoms with E-state index in [-0.39, 0.29) is 18.0 Å². The third-order valence-corrected chi connectivity index (χ3v) is 4.80. The molecule has 0 unspecified atom stereocenters. The summed E-state index contributed by atoms with van der Waals surface area (Å²) in [5.41, 5.74) is 3.78. The van der Waals surface area contributed by atoms with Crippen LogP contribution < -0.4 is 5.56 Å². The summed E-state index contributed by atoms with van der Waals surface area (Å²) in [6.45, 7) is 1.22. The lowest BCUT2D eigenvalue weighted by Crippen LogP contribution is -2.37. The van der Waals surface area contributed by atoms with Crippen molar-refractivity contribution >= 4 is 5.91 Å². The number of aromatic nitrogens is 4. The molecule has 7 heteroatoms. The molecule has 0 saturated heterocycles. The van der Waals surface area contributed by atoms with E-state index in [9.17, 15) is 9.59 Å². The van der Waals surface area contributed by atoms with Crippen molar-refractivity contribution in [1.82, 2.24) is 24.4 Å². The normalized spacial score (nSPS) is 13.7. The topological polar surface area (TPSA) is 81.0 Å². The summed E-state index contributed by atoms with van der Waals surface area (Å²) in [6.07, 6.45) is 8.06. The van der Waals surface area contributed by atoms with Crippen LogP contribution in [0.25, 0.3) is 11.3 Å². The maximum absolute atomic E-state index is 12.7. The Labute approximate surface area is 156 Å². The fourth-order valence-electron chi connectivity index (χ4n) is 3.37. The van der Waals surface area contributed by atoms with Gasteiger partial charge in [-0.2, -0.15) is 0 Å². The van der Waals surface area contributed by atoms with E-state index in [1.807, 2.05) is 12.1 Å². The summed E-state index contributed by atoms with van der Waals surface area (Å²) in [5, 5.41) is 0. The summed E-state index contributed by atoms with van der Waals surface area (Å²) in [6, 6.07) is 8.74. The summed E-state index contributed by atoms with van der Waals surface area (Å²) in [4.78, 5) is 39.3. The van der Waals surface area contributed by atoms with Crippen molar-refractivity contribution in [2.75, 3.05) is 13.1 Å². The Kier molecular flexibility index (Phi) is 4.74. The van der Waals surface area contributed by atoms with Crippen LogP contribution in [-0.4, -0.2) is 43.4 Å². The van der Waals surface area contributed by atoms with Crippen LogP contribution in [0.15, 0.2) is 60.0 Å². The lowest BCUT2D eigenvalue weighted by atomic mass is 10.0. The van der Waals surface area contributed by atoms with Crippen LogP contribution in [0.3, 0.4) is 0 Å². The predicted octanol–water partition coefficient (Wildman–Crippen LogP) is 1.33. The monoisotopic (exact) mass is 361 g/mol. The third kappa shape index (κ3) is 3.62. The smallest absolute Gasteiger partial charge is 0.250 e. The highest BCUT2D eigenvalue weighted by molar-refractivity contribution is 5.76. The highest BCUT2D eigenvalue weighted by Crippen LogP contribution is 2.25. The van der Waals surface area contributed by atoms with E-state index >= 15 is 0 Å². The Morgan fingerprint density at radius 3 is 2.67 bits per heavy atom. The molecule has 27 heavy (non-hydrogen) atoms. The van der Waals surface area contributed by atoms with Gasteiger partial charge in [-0.1, -0.05) is 6.07 Å². The minimum atomic E-state index is -0.171. The van der Waals surface area contributed by atoms with Gasteiger partial charge in [0.15, 0.2) is 0 Å². The molecule has 1 aliphatic heterocycles. The molecule has 0 bridgehead atoms. The van der Waals surface area contributed by atoms with Crippen LogP contribution in [0.2, 0.25) is 0 Å². The first-order chi connectivity index (χ1) is 13.2. The summed E-state index contributed by atoms with van der Waals surface area (Å²) in [7, 11) is 0. The molecule has 1 aliphatic rings. The molecule has 4 rings (SSSR count). The van der Waals surface area contributed by atoms with Crippen LogP contribution in [0, 0.1) is 0 Å². The van der Waals surface area contributed by atoms with Gasteiger partial charge in [0.2, 0.25) is 5.91 Å². The molecular formula is C20H19N5O2. The Balaban J connectivity index is 1.54. The van der Waals surface area contributed by atoms with E-state index in [4.69, 9.17) is 0 Å². The lowest BCUT2D eigenvalue weighted by Gasteiger charge is -2.20. The Bertz CT molecular complexity index is 1020. The van der Waals surface area contributed by atoms with E-state index in [1.54, 1.807) is 42.0 Å². The number of nitrogens with zero attached hydrogens (tertiary/aromatic N) is 5. The maximum Gasteiger partial charge on any atom is 0.250 e. The highest BCUT2D eigenvalue weighted by atomic mass is 16.2. The van der Waals surface area contributed by atoms with Crippen molar-refractivity contribution in [3.8, 4) is 11.3 Å². The van der Waals surface area contributed by atoms with Gasteiger partial charge in [0.05, 0.1) is 5.69 Å². The van der Waals surface area contributed by atoms with Crippen molar-refractivity contribution in [3.63, 3.8) is 0 Å². The molecule has 7 nitrogen and oxygen atoms in total. The lowest BCUT2D eigenvalue weighted by molar-refractivity contribution is -0.131. The van der Waals surface area contributed by atoms with E-state index in [0.717, 1.165) is 22.5 Å². The number of pyridine rings is 2. The molecule has 0 aromatic carbocycles. The highest BCUT2D eigenvalue weighted by Gasteiger charge is 2.22. The third-order valence-electron chi connectivity index (χ3n) is 4.80. The van der Waals surface area contributed by atoms with Crippen LogP contribution in [0.1, 0.15) is 11.3 Å². The first-order valence-electron chi connectivity index (χ1n) is 8.89. The summed E-state index contributed by atoms with van der Waals surface area (Å²) in [5.74, 6) is -0.0606. The molecular weight excluding hydrogens is 342 g/mol. The number of carbonyl (C=O) groups excluding carboxylic acids is 1. The molecule has 0 spiro atoms. The van der Waals surface area contributed by atoms with Crippen LogP contribution >= 0.6 is 0 Å². The number of rotatable bonds is 3. The predicted molar refractivity (Wildman–Crippen MR) is 100.0 cm³/mol. The zero-order chi connectivity index (χ0) is 18.6. The van der Waals surface area contributed by atoms with E-state index in [0.29, 0.717) is 25.9 Å². The van der Waals surface area contributed by atoms with E-state index < -0.39 is 0 Å². The average molecular weight is 361 g/mol. The Morgan fingerprint density at radius 1 is 1.04 bits per heavy atom. The van der Waals surface area contributed by atoms with Gasteiger partial charge in [-0.25, -0.2) is 9.97 Å². The second kappa shape index (κ2) is 7.49. The molecule has 0 fully saturated rings. The van der Waals surface area contributed by atoms with Crippen molar-refractivity contribution in [3.05, 3.63) is 76.9 Å². The van der Waals surface area contributed by atoms with Crippen molar-refractivity contribution in [1.29, 1.82) is 0 Å². The molecule has 4 heterocycles. The largest absolute Gasteiger partial charge is 0.340 e. The van der Waals surface area contributed by atoms with Gasteiger partial charge in [0.1, 0.15) is 12.9 Å².